The van der Waals surface area contributed by atoms with E-state index in [0.717, 1.165) is 60.4 Å². The molecule has 30 heavy (non-hydrogen) atoms. The van der Waals surface area contributed by atoms with Crippen LogP contribution < -0.4 is 10.5 Å². The van der Waals surface area contributed by atoms with Gasteiger partial charge in [-0.2, -0.15) is 0 Å². The maximum absolute atomic E-state index is 13.2. The lowest BCUT2D eigenvalue weighted by Crippen LogP contribution is -3.12. The fourth-order valence-corrected chi connectivity index (χ4v) is 4.63. The summed E-state index contributed by atoms with van der Waals surface area (Å²) in [5, 5.41) is 13.7. The van der Waals surface area contributed by atoms with Crippen LogP contribution in [-0.2, 0) is 11.3 Å². The van der Waals surface area contributed by atoms with Gasteiger partial charge in [0.05, 0.1) is 31.3 Å². The van der Waals surface area contributed by atoms with Crippen molar-refractivity contribution in [3.05, 3.63) is 51.1 Å². The van der Waals surface area contributed by atoms with Gasteiger partial charge in [0.25, 0.3) is 5.56 Å². The third-order valence-electron chi connectivity index (χ3n) is 6.19. The van der Waals surface area contributed by atoms with E-state index in [1.54, 1.807) is 0 Å². The summed E-state index contributed by atoms with van der Waals surface area (Å²) in [6, 6.07) is 5.95. The Morgan fingerprint density at radius 3 is 2.77 bits per heavy atom. The summed E-state index contributed by atoms with van der Waals surface area (Å²) >= 11 is 0. The predicted octanol–water partition coefficient (Wildman–Crippen LogP) is 1.32. The van der Waals surface area contributed by atoms with E-state index in [1.165, 1.54) is 4.90 Å². The molecular weight excluding hydrogens is 380 g/mol. The number of quaternary nitrogens is 1. The number of benzene rings is 1. The van der Waals surface area contributed by atoms with Crippen LogP contribution in [0.1, 0.15) is 55.2 Å². The maximum atomic E-state index is 13.2. The number of hydrogen-bond acceptors (Lipinski definition) is 5. The molecule has 0 spiro atoms. The van der Waals surface area contributed by atoms with Crippen molar-refractivity contribution < 1.29 is 9.64 Å². The highest BCUT2D eigenvalue weighted by Crippen LogP contribution is 2.23. The molecule has 160 valence electrons. The SMILES string of the molecule is CC[NH+](CC)[C@H](c1cc2c(C)cc(C)cc2[nH]c1=O)c1nnnn1C[C@@H]1CCCO1. The Balaban J connectivity index is 1.84. The molecule has 1 saturated heterocycles. The molecule has 2 atom stereocenters. The molecule has 0 unspecified atom stereocenters. The first-order valence-corrected chi connectivity index (χ1v) is 10.9. The van der Waals surface area contributed by atoms with E-state index in [-0.39, 0.29) is 17.7 Å². The third-order valence-corrected chi connectivity index (χ3v) is 6.19. The first-order chi connectivity index (χ1) is 14.5. The number of nitrogens with zero attached hydrogens (tertiary/aromatic N) is 4. The van der Waals surface area contributed by atoms with Gasteiger partial charge in [0.1, 0.15) is 0 Å². The molecule has 0 bridgehead atoms. The Morgan fingerprint density at radius 1 is 1.27 bits per heavy atom. The van der Waals surface area contributed by atoms with E-state index in [1.807, 2.05) is 23.7 Å². The molecule has 1 aliphatic rings. The van der Waals surface area contributed by atoms with Gasteiger partial charge >= 0.3 is 0 Å². The van der Waals surface area contributed by atoms with Gasteiger partial charge in [0.2, 0.25) is 5.82 Å². The van der Waals surface area contributed by atoms with Gasteiger partial charge in [-0.15, -0.1) is 5.10 Å². The molecule has 8 nitrogen and oxygen atoms in total. The Bertz CT molecular complexity index is 1080. The fourth-order valence-electron chi connectivity index (χ4n) is 4.63. The summed E-state index contributed by atoms with van der Waals surface area (Å²) in [4.78, 5) is 17.6. The molecule has 1 aromatic carbocycles. The number of H-pyrrole nitrogens is 1. The zero-order valence-corrected chi connectivity index (χ0v) is 18.2. The molecule has 1 fully saturated rings. The highest BCUT2D eigenvalue weighted by Gasteiger charge is 2.33. The second-order valence-corrected chi connectivity index (χ2v) is 8.25. The van der Waals surface area contributed by atoms with E-state index in [0.29, 0.717) is 12.1 Å². The summed E-state index contributed by atoms with van der Waals surface area (Å²) in [5.74, 6) is 0.721. The van der Waals surface area contributed by atoms with Gasteiger partial charge in [0, 0.05) is 17.5 Å². The first kappa shape index (κ1) is 20.7. The molecule has 8 heteroatoms. The number of pyridine rings is 1. The van der Waals surface area contributed by atoms with Crippen LogP contribution in [0, 0.1) is 13.8 Å². The summed E-state index contributed by atoms with van der Waals surface area (Å²) in [6.45, 7) is 11.5. The minimum atomic E-state index is -0.245. The number of tetrazole rings is 1. The molecule has 2 N–H and O–H groups in total. The summed E-state index contributed by atoms with van der Waals surface area (Å²) in [7, 11) is 0. The summed E-state index contributed by atoms with van der Waals surface area (Å²) < 4.78 is 7.63. The zero-order valence-electron chi connectivity index (χ0n) is 18.2. The highest BCUT2D eigenvalue weighted by molar-refractivity contribution is 5.83. The Labute approximate surface area is 176 Å². The number of rotatable bonds is 7. The molecule has 0 amide bonds. The molecular formula is C22H31N6O2+. The molecule has 0 aliphatic carbocycles. The van der Waals surface area contributed by atoms with Crippen LogP contribution in [0.15, 0.2) is 23.0 Å². The topological polar surface area (TPSA) is 90.1 Å². The van der Waals surface area contributed by atoms with Gasteiger partial charge in [-0.3, -0.25) is 4.79 Å². The van der Waals surface area contributed by atoms with E-state index in [9.17, 15) is 4.79 Å². The van der Waals surface area contributed by atoms with Crippen LogP contribution in [0.5, 0.6) is 0 Å². The van der Waals surface area contributed by atoms with Crippen molar-refractivity contribution in [3.63, 3.8) is 0 Å². The van der Waals surface area contributed by atoms with Crippen molar-refractivity contribution in [2.75, 3.05) is 19.7 Å². The van der Waals surface area contributed by atoms with E-state index >= 15 is 0 Å². The highest BCUT2D eigenvalue weighted by atomic mass is 16.5. The fraction of sp³-hybridized carbons (Fsp3) is 0.545. The van der Waals surface area contributed by atoms with E-state index in [4.69, 9.17) is 4.74 Å². The Morgan fingerprint density at radius 2 is 2.07 bits per heavy atom. The molecule has 0 radical (unpaired) electrons. The Kier molecular flexibility index (Phi) is 5.97. The van der Waals surface area contributed by atoms with Gasteiger partial charge in [-0.1, -0.05) is 6.07 Å². The van der Waals surface area contributed by atoms with Crippen LogP contribution in [-0.4, -0.2) is 51.0 Å². The number of ether oxygens (including phenoxy) is 1. The summed E-state index contributed by atoms with van der Waals surface area (Å²) in [6.07, 6.45) is 2.20. The average molecular weight is 412 g/mol. The van der Waals surface area contributed by atoms with Crippen LogP contribution in [0.3, 0.4) is 0 Å². The molecule has 3 heterocycles. The van der Waals surface area contributed by atoms with E-state index in [2.05, 4.69) is 47.3 Å². The number of nitrogens with one attached hydrogen (secondary N) is 2. The minimum Gasteiger partial charge on any atom is -0.376 e. The van der Waals surface area contributed by atoms with Crippen molar-refractivity contribution in [3.8, 4) is 0 Å². The molecule has 0 saturated carbocycles. The van der Waals surface area contributed by atoms with Crippen molar-refractivity contribution >= 4 is 10.9 Å². The largest absolute Gasteiger partial charge is 0.376 e. The van der Waals surface area contributed by atoms with Crippen LogP contribution >= 0.6 is 0 Å². The van der Waals surface area contributed by atoms with Crippen LogP contribution in [0.4, 0.5) is 0 Å². The lowest BCUT2D eigenvalue weighted by molar-refractivity contribution is -0.923. The van der Waals surface area contributed by atoms with Gasteiger partial charge in [0.15, 0.2) is 6.04 Å². The quantitative estimate of drug-likeness (QED) is 0.612. The molecule has 2 aromatic heterocycles. The van der Waals surface area contributed by atoms with E-state index < -0.39 is 0 Å². The van der Waals surface area contributed by atoms with Crippen molar-refractivity contribution in [1.82, 2.24) is 25.2 Å². The van der Waals surface area contributed by atoms with Crippen molar-refractivity contribution in [1.29, 1.82) is 0 Å². The second-order valence-electron chi connectivity index (χ2n) is 8.25. The third kappa shape index (κ3) is 3.89. The maximum Gasteiger partial charge on any atom is 0.258 e. The average Bonchev–Trinajstić information content (AvgIpc) is 3.38. The van der Waals surface area contributed by atoms with Gasteiger partial charge < -0.3 is 14.6 Å². The molecule has 4 rings (SSSR count). The monoisotopic (exact) mass is 411 g/mol. The zero-order chi connectivity index (χ0) is 21.3. The van der Waals surface area contributed by atoms with Crippen molar-refractivity contribution in [2.24, 2.45) is 0 Å². The number of aromatic nitrogens is 5. The number of aromatic amines is 1. The predicted molar refractivity (Wildman–Crippen MR) is 115 cm³/mol. The number of hydrogen-bond donors (Lipinski definition) is 2. The van der Waals surface area contributed by atoms with Crippen molar-refractivity contribution in [2.45, 2.75) is 59.2 Å². The van der Waals surface area contributed by atoms with Crippen LogP contribution in [0.2, 0.25) is 0 Å². The smallest absolute Gasteiger partial charge is 0.258 e. The minimum absolute atomic E-state index is 0.0800. The molecule has 1 aliphatic heterocycles. The normalized spacial score (nSPS) is 17.8. The standard InChI is InChI=1S/C22H30N6O2/c1-5-27(6-2)20(21-24-25-26-28(21)13-16-8-7-9-30-16)18-12-17-15(4)10-14(3)11-19(17)23-22(18)29/h10-12,16,20H,5-9,13H2,1-4H3,(H,23,29)/p+1/t16-,20+/m0/s1. The van der Waals surface area contributed by atoms with Gasteiger partial charge in [-0.25, -0.2) is 4.68 Å². The van der Waals surface area contributed by atoms with Crippen LogP contribution in [0.25, 0.3) is 10.9 Å². The summed E-state index contributed by atoms with van der Waals surface area (Å²) in [5.41, 5.74) is 3.78. The Hall–Kier alpha value is -2.58. The molecule has 3 aromatic rings. The number of aryl methyl sites for hydroxylation is 2. The lowest BCUT2D eigenvalue weighted by Gasteiger charge is -2.26. The second kappa shape index (κ2) is 8.65. The van der Waals surface area contributed by atoms with Gasteiger partial charge in [-0.05, 0) is 74.2 Å². The lowest BCUT2D eigenvalue weighted by atomic mass is 10.00. The number of fused-ring (bicyclic) bond motifs is 1. The first-order valence-electron chi connectivity index (χ1n) is 10.9.